The van der Waals surface area contributed by atoms with Gasteiger partial charge in [-0.05, 0) is 12.1 Å². The van der Waals surface area contributed by atoms with Gasteiger partial charge in [0.15, 0.2) is 0 Å². The molecule has 0 saturated heterocycles. The van der Waals surface area contributed by atoms with Gasteiger partial charge in [0.1, 0.15) is 11.4 Å². The van der Waals surface area contributed by atoms with Gasteiger partial charge in [-0.15, -0.1) is 0 Å². The van der Waals surface area contributed by atoms with Crippen molar-refractivity contribution in [3.05, 3.63) is 48.3 Å². The first-order valence-corrected chi connectivity index (χ1v) is 4.36. The summed E-state index contributed by atoms with van der Waals surface area (Å²) < 4.78 is 9.71. The van der Waals surface area contributed by atoms with Crippen molar-refractivity contribution in [2.75, 3.05) is 0 Å². The minimum atomic E-state index is 0.0950. The third-order valence-corrected chi connectivity index (χ3v) is 2.01. The SMILES string of the molecule is O/N=C(\C(=N/O)c1ccoc1)c1ccoc1. The van der Waals surface area contributed by atoms with Crippen LogP contribution in [0.25, 0.3) is 0 Å². The fourth-order valence-corrected chi connectivity index (χ4v) is 1.28. The van der Waals surface area contributed by atoms with Gasteiger partial charge in [-0.3, -0.25) is 0 Å². The molecular weight excluding hydrogens is 212 g/mol. The summed E-state index contributed by atoms with van der Waals surface area (Å²) in [5, 5.41) is 24.0. The Morgan fingerprint density at radius 2 is 1.31 bits per heavy atom. The van der Waals surface area contributed by atoms with Gasteiger partial charge >= 0.3 is 0 Å². The minimum Gasteiger partial charge on any atom is -0.472 e. The second-order valence-electron chi connectivity index (χ2n) is 2.92. The standard InChI is InChI=1S/C10H8N2O4/c13-11-9(7-1-3-15-5-7)10(12-14)8-2-4-16-6-8/h1-6,13-14H/b11-9-,12-10-. The molecule has 0 aliphatic heterocycles. The van der Waals surface area contributed by atoms with E-state index in [2.05, 4.69) is 10.3 Å². The van der Waals surface area contributed by atoms with Gasteiger partial charge in [-0.25, -0.2) is 0 Å². The molecule has 16 heavy (non-hydrogen) atoms. The van der Waals surface area contributed by atoms with E-state index in [-0.39, 0.29) is 11.4 Å². The van der Waals surface area contributed by atoms with Crippen LogP contribution in [0.5, 0.6) is 0 Å². The third kappa shape index (κ3) is 1.68. The summed E-state index contributed by atoms with van der Waals surface area (Å²) in [5.41, 5.74) is 1.18. The fourth-order valence-electron chi connectivity index (χ4n) is 1.28. The summed E-state index contributed by atoms with van der Waals surface area (Å²) in [7, 11) is 0. The highest BCUT2D eigenvalue weighted by molar-refractivity contribution is 6.53. The molecule has 6 nitrogen and oxygen atoms in total. The highest BCUT2D eigenvalue weighted by atomic mass is 16.4. The van der Waals surface area contributed by atoms with Crippen molar-refractivity contribution in [1.29, 1.82) is 0 Å². The van der Waals surface area contributed by atoms with Crippen molar-refractivity contribution in [2.45, 2.75) is 0 Å². The first kappa shape index (κ1) is 10.0. The maximum absolute atomic E-state index is 8.92. The van der Waals surface area contributed by atoms with Gasteiger partial charge in [-0.2, -0.15) is 0 Å². The van der Waals surface area contributed by atoms with Gasteiger partial charge < -0.3 is 19.2 Å². The molecule has 0 atom stereocenters. The topological polar surface area (TPSA) is 91.5 Å². The van der Waals surface area contributed by atoms with E-state index in [1.54, 1.807) is 12.1 Å². The third-order valence-electron chi connectivity index (χ3n) is 2.01. The summed E-state index contributed by atoms with van der Waals surface area (Å²) in [6, 6.07) is 3.17. The number of nitrogens with zero attached hydrogens (tertiary/aromatic N) is 2. The molecule has 2 heterocycles. The van der Waals surface area contributed by atoms with Crippen LogP contribution in [0, 0.1) is 0 Å². The predicted octanol–water partition coefficient (Wildman–Crippen LogP) is 1.93. The monoisotopic (exact) mass is 220 g/mol. The van der Waals surface area contributed by atoms with Crippen LogP contribution in [0.4, 0.5) is 0 Å². The van der Waals surface area contributed by atoms with E-state index in [0.717, 1.165) is 0 Å². The van der Waals surface area contributed by atoms with Crippen LogP contribution in [-0.4, -0.2) is 21.8 Å². The molecule has 6 heteroatoms. The molecular formula is C10H8N2O4. The molecule has 0 radical (unpaired) electrons. The van der Waals surface area contributed by atoms with Crippen molar-refractivity contribution in [3.63, 3.8) is 0 Å². The van der Waals surface area contributed by atoms with Gasteiger partial charge in [0, 0.05) is 11.1 Å². The van der Waals surface area contributed by atoms with Crippen molar-refractivity contribution in [2.24, 2.45) is 10.3 Å². The Hall–Kier alpha value is -2.50. The van der Waals surface area contributed by atoms with E-state index < -0.39 is 0 Å². The van der Waals surface area contributed by atoms with Crippen LogP contribution in [0.3, 0.4) is 0 Å². The summed E-state index contributed by atoms with van der Waals surface area (Å²) >= 11 is 0. The molecule has 0 amide bonds. The van der Waals surface area contributed by atoms with Crippen LogP contribution >= 0.6 is 0 Å². The average Bonchev–Trinajstić information content (AvgIpc) is 2.97. The van der Waals surface area contributed by atoms with Crippen molar-refractivity contribution >= 4 is 11.4 Å². The molecule has 2 N–H and O–H groups in total. The highest BCUT2D eigenvalue weighted by Crippen LogP contribution is 2.10. The Bertz CT molecular complexity index is 449. The molecule has 2 aromatic heterocycles. The van der Waals surface area contributed by atoms with Crippen molar-refractivity contribution in [1.82, 2.24) is 0 Å². The Labute approximate surface area is 90.1 Å². The van der Waals surface area contributed by atoms with Gasteiger partial charge in [0.25, 0.3) is 0 Å². The summed E-state index contributed by atoms with van der Waals surface area (Å²) in [6.07, 6.45) is 5.59. The second-order valence-corrected chi connectivity index (χ2v) is 2.92. The molecule has 2 rings (SSSR count). The molecule has 0 aromatic carbocycles. The van der Waals surface area contributed by atoms with Crippen LogP contribution in [0.2, 0.25) is 0 Å². The lowest BCUT2D eigenvalue weighted by Gasteiger charge is -2.01. The summed E-state index contributed by atoms with van der Waals surface area (Å²) in [4.78, 5) is 0. The first-order valence-electron chi connectivity index (χ1n) is 4.36. The van der Waals surface area contributed by atoms with Gasteiger partial charge in [0.05, 0.1) is 25.1 Å². The fraction of sp³-hybridized carbons (Fsp3) is 0. The lowest BCUT2D eigenvalue weighted by molar-refractivity contribution is 0.314. The summed E-state index contributed by atoms with van der Waals surface area (Å²) in [5.74, 6) is 0. The van der Waals surface area contributed by atoms with E-state index in [9.17, 15) is 0 Å². The predicted molar refractivity (Wildman–Crippen MR) is 54.1 cm³/mol. The largest absolute Gasteiger partial charge is 0.472 e. The van der Waals surface area contributed by atoms with Crippen molar-refractivity contribution < 1.29 is 19.2 Å². The van der Waals surface area contributed by atoms with E-state index in [4.69, 9.17) is 19.2 Å². The molecule has 0 aliphatic carbocycles. The van der Waals surface area contributed by atoms with Crippen LogP contribution in [0.1, 0.15) is 11.1 Å². The molecule has 82 valence electrons. The first-order chi connectivity index (χ1) is 7.86. The lowest BCUT2D eigenvalue weighted by atomic mass is 10.1. The number of hydrogen-bond donors (Lipinski definition) is 2. The highest BCUT2D eigenvalue weighted by Gasteiger charge is 2.17. The molecule has 0 unspecified atom stereocenters. The zero-order valence-corrected chi connectivity index (χ0v) is 8.07. The maximum atomic E-state index is 8.92. The molecule has 0 saturated carbocycles. The van der Waals surface area contributed by atoms with E-state index in [1.165, 1.54) is 25.1 Å². The Balaban J connectivity index is 2.43. The average molecular weight is 220 g/mol. The van der Waals surface area contributed by atoms with Gasteiger partial charge in [-0.1, -0.05) is 10.3 Å². The van der Waals surface area contributed by atoms with E-state index >= 15 is 0 Å². The molecule has 0 spiro atoms. The number of rotatable bonds is 3. The van der Waals surface area contributed by atoms with Crippen LogP contribution in [0.15, 0.2) is 56.3 Å². The van der Waals surface area contributed by atoms with Gasteiger partial charge in [0.2, 0.25) is 0 Å². The Kier molecular flexibility index (Phi) is 2.73. The molecule has 0 fully saturated rings. The van der Waals surface area contributed by atoms with Crippen molar-refractivity contribution in [3.8, 4) is 0 Å². The minimum absolute atomic E-state index is 0.0950. The smallest absolute Gasteiger partial charge is 0.142 e. The zero-order chi connectivity index (χ0) is 11.4. The quantitative estimate of drug-likeness (QED) is 0.469. The maximum Gasteiger partial charge on any atom is 0.142 e. The molecule has 2 aromatic rings. The second kappa shape index (κ2) is 4.35. The Morgan fingerprint density at radius 3 is 1.56 bits per heavy atom. The van der Waals surface area contributed by atoms with E-state index in [1.807, 2.05) is 0 Å². The number of hydrogen-bond acceptors (Lipinski definition) is 6. The van der Waals surface area contributed by atoms with Crippen LogP contribution < -0.4 is 0 Å². The normalized spacial score (nSPS) is 13.0. The van der Waals surface area contributed by atoms with Crippen LogP contribution in [-0.2, 0) is 0 Å². The van der Waals surface area contributed by atoms with E-state index in [0.29, 0.717) is 11.1 Å². The number of oxime groups is 2. The Morgan fingerprint density at radius 1 is 0.875 bits per heavy atom. The molecule has 0 bridgehead atoms. The lowest BCUT2D eigenvalue weighted by Crippen LogP contribution is -2.16. The number of furan rings is 2. The zero-order valence-electron chi connectivity index (χ0n) is 8.07. The molecule has 0 aliphatic rings. The summed E-state index contributed by atoms with van der Waals surface area (Å²) in [6.45, 7) is 0.